The minimum Gasteiger partial charge on any atom is -0.349 e. The van der Waals surface area contributed by atoms with Crippen molar-refractivity contribution in [1.29, 1.82) is 0 Å². The zero-order valence-corrected chi connectivity index (χ0v) is 18.3. The number of benzene rings is 2. The van der Waals surface area contributed by atoms with Crippen LogP contribution >= 0.6 is 23.8 Å². The number of nitrogens with one attached hydrogen (secondary N) is 3. The summed E-state index contributed by atoms with van der Waals surface area (Å²) >= 11 is 11.5. The van der Waals surface area contributed by atoms with Gasteiger partial charge in [-0.2, -0.15) is 0 Å². The Hall–Kier alpha value is -2.44. The average molecular weight is 444 g/mol. The number of thiocarbonyl (C=S) groups is 1. The lowest BCUT2D eigenvalue weighted by Crippen LogP contribution is -2.36. The molecule has 7 heteroatoms. The van der Waals surface area contributed by atoms with Crippen molar-refractivity contribution in [2.75, 3.05) is 5.32 Å². The molecule has 1 fully saturated rings. The maximum absolute atomic E-state index is 12.6. The summed E-state index contributed by atoms with van der Waals surface area (Å²) < 4.78 is 0. The molecule has 0 aromatic heterocycles. The summed E-state index contributed by atoms with van der Waals surface area (Å²) in [6.07, 6.45) is 6.47. The minimum absolute atomic E-state index is 0.166. The van der Waals surface area contributed by atoms with Gasteiger partial charge in [0.15, 0.2) is 5.11 Å². The first kappa shape index (κ1) is 22.2. The molecule has 0 radical (unpaired) electrons. The summed E-state index contributed by atoms with van der Waals surface area (Å²) in [6.45, 7) is 0. The van der Waals surface area contributed by atoms with E-state index < -0.39 is 0 Å². The molecular formula is C23H26ClN3O2S. The molecule has 0 saturated heterocycles. The van der Waals surface area contributed by atoms with Gasteiger partial charge < -0.3 is 16.0 Å². The molecule has 3 N–H and O–H groups in total. The fourth-order valence-electron chi connectivity index (χ4n) is 3.54. The van der Waals surface area contributed by atoms with E-state index in [1.807, 2.05) is 30.3 Å². The van der Waals surface area contributed by atoms with Crippen LogP contribution in [0.15, 0.2) is 48.5 Å². The molecule has 0 spiro atoms. The Morgan fingerprint density at radius 3 is 2.50 bits per heavy atom. The number of halogens is 1. The predicted octanol–water partition coefficient (Wildman–Crippen LogP) is 4.85. The maximum Gasteiger partial charge on any atom is 0.253 e. The van der Waals surface area contributed by atoms with Crippen LogP contribution in [0.25, 0.3) is 0 Å². The molecule has 158 valence electrons. The summed E-state index contributed by atoms with van der Waals surface area (Å²) in [5.41, 5.74) is 2.09. The van der Waals surface area contributed by atoms with E-state index in [1.165, 1.54) is 6.42 Å². The fraction of sp³-hybridized carbons (Fsp3) is 0.348. The van der Waals surface area contributed by atoms with Gasteiger partial charge in [0.25, 0.3) is 5.91 Å². The molecule has 0 heterocycles. The highest BCUT2D eigenvalue weighted by Crippen LogP contribution is 2.23. The van der Waals surface area contributed by atoms with Gasteiger partial charge in [-0.15, -0.1) is 0 Å². The van der Waals surface area contributed by atoms with Crippen molar-refractivity contribution >= 4 is 46.4 Å². The van der Waals surface area contributed by atoms with Gasteiger partial charge in [-0.3, -0.25) is 9.59 Å². The Labute approximate surface area is 187 Å². The first-order valence-corrected chi connectivity index (χ1v) is 11.0. The second-order valence-corrected chi connectivity index (χ2v) is 8.31. The zero-order chi connectivity index (χ0) is 21.3. The SMILES string of the molecule is O=C(CCc1ccccc1)NC(=S)Nc1ccc(Cl)c(C(=O)NC2CCCCC2)c1. The first-order valence-electron chi connectivity index (χ1n) is 10.3. The quantitative estimate of drug-likeness (QED) is 0.558. The molecule has 3 rings (SSSR count). The van der Waals surface area contributed by atoms with Gasteiger partial charge in [0.05, 0.1) is 10.6 Å². The van der Waals surface area contributed by atoms with Crippen molar-refractivity contribution in [2.24, 2.45) is 0 Å². The Morgan fingerprint density at radius 1 is 1.03 bits per heavy atom. The topological polar surface area (TPSA) is 70.2 Å². The minimum atomic E-state index is -0.187. The molecule has 0 atom stereocenters. The molecule has 0 unspecified atom stereocenters. The van der Waals surface area contributed by atoms with E-state index in [4.69, 9.17) is 23.8 Å². The van der Waals surface area contributed by atoms with E-state index in [2.05, 4.69) is 16.0 Å². The Morgan fingerprint density at radius 2 is 1.77 bits per heavy atom. The second-order valence-electron chi connectivity index (χ2n) is 7.49. The lowest BCUT2D eigenvalue weighted by molar-refractivity contribution is -0.119. The van der Waals surface area contributed by atoms with E-state index in [1.54, 1.807) is 18.2 Å². The molecule has 2 aromatic carbocycles. The van der Waals surface area contributed by atoms with Gasteiger partial charge in [-0.05, 0) is 55.2 Å². The zero-order valence-electron chi connectivity index (χ0n) is 16.7. The largest absolute Gasteiger partial charge is 0.349 e. The van der Waals surface area contributed by atoms with Crippen molar-refractivity contribution in [3.05, 3.63) is 64.7 Å². The van der Waals surface area contributed by atoms with Gasteiger partial charge >= 0.3 is 0 Å². The van der Waals surface area contributed by atoms with Gasteiger partial charge in [0.1, 0.15) is 0 Å². The highest BCUT2D eigenvalue weighted by atomic mass is 35.5. The summed E-state index contributed by atoms with van der Waals surface area (Å²) in [5, 5.41) is 9.27. The maximum atomic E-state index is 12.6. The third-order valence-corrected chi connectivity index (χ3v) is 5.68. The second kappa shape index (κ2) is 11.1. The summed E-state index contributed by atoms with van der Waals surface area (Å²) in [7, 11) is 0. The number of anilines is 1. The molecule has 2 amide bonds. The van der Waals surface area contributed by atoms with Crippen LogP contribution in [0.4, 0.5) is 5.69 Å². The highest BCUT2D eigenvalue weighted by Gasteiger charge is 2.19. The van der Waals surface area contributed by atoms with E-state index in [9.17, 15) is 9.59 Å². The lowest BCUT2D eigenvalue weighted by Gasteiger charge is -2.23. The average Bonchev–Trinajstić information content (AvgIpc) is 2.75. The molecule has 0 aliphatic heterocycles. The van der Waals surface area contributed by atoms with E-state index in [0.29, 0.717) is 29.1 Å². The number of carbonyl (C=O) groups excluding carboxylic acids is 2. The number of hydrogen-bond donors (Lipinski definition) is 3. The summed E-state index contributed by atoms with van der Waals surface area (Å²) in [6, 6.07) is 15.0. The van der Waals surface area contributed by atoms with Crippen LogP contribution in [-0.2, 0) is 11.2 Å². The van der Waals surface area contributed by atoms with Crippen LogP contribution in [-0.4, -0.2) is 23.0 Å². The van der Waals surface area contributed by atoms with Crippen molar-refractivity contribution in [3.8, 4) is 0 Å². The van der Waals surface area contributed by atoms with Crippen molar-refractivity contribution in [2.45, 2.75) is 51.0 Å². The smallest absolute Gasteiger partial charge is 0.253 e. The number of carbonyl (C=O) groups is 2. The third-order valence-electron chi connectivity index (χ3n) is 5.15. The van der Waals surface area contributed by atoms with Crippen LogP contribution < -0.4 is 16.0 Å². The highest BCUT2D eigenvalue weighted by molar-refractivity contribution is 7.80. The van der Waals surface area contributed by atoms with E-state index in [-0.39, 0.29) is 23.0 Å². The molecule has 1 aliphatic carbocycles. The Kier molecular flexibility index (Phi) is 8.22. The van der Waals surface area contributed by atoms with E-state index >= 15 is 0 Å². The normalized spacial score (nSPS) is 14.0. The molecular weight excluding hydrogens is 418 g/mol. The molecule has 2 aromatic rings. The molecule has 5 nitrogen and oxygen atoms in total. The van der Waals surface area contributed by atoms with Gasteiger partial charge in [0.2, 0.25) is 5.91 Å². The standard InChI is InChI=1S/C23H26ClN3O2S/c24-20-13-12-18(15-19(20)22(29)25-17-9-5-2-6-10-17)26-23(30)27-21(28)14-11-16-7-3-1-4-8-16/h1,3-4,7-8,12-13,15,17H,2,5-6,9-11,14H2,(H,25,29)(H2,26,27,28,30). The monoisotopic (exact) mass is 443 g/mol. The predicted molar refractivity (Wildman–Crippen MR) is 125 cm³/mol. The summed E-state index contributed by atoms with van der Waals surface area (Å²) in [4.78, 5) is 24.8. The first-order chi connectivity index (χ1) is 14.5. The lowest BCUT2D eigenvalue weighted by atomic mass is 9.95. The number of rotatable bonds is 6. The number of amides is 2. The molecule has 1 saturated carbocycles. The fourth-order valence-corrected chi connectivity index (χ4v) is 3.98. The Bertz CT molecular complexity index is 899. The van der Waals surface area contributed by atoms with Crippen LogP contribution in [0.3, 0.4) is 0 Å². The van der Waals surface area contributed by atoms with Gasteiger partial charge in [0, 0.05) is 18.2 Å². The van der Waals surface area contributed by atoms with Crippen LogP contribution in [0.5, 0.6) is 0 Å². The molecule has 0 bridgehead atoms. The van der Waals surface area contributed by atoms with Crippen molar-refractivity contribution in [3.63, 3.8) is 0 Å². The molecule has 30 heavy (non-hydrogen) atoms. The van der Waals surface area contributed by atoms with Gasteiger partial charge in [-0.25, -0.2) is 0 Å². The van der Waals surface area contributed by atoms with Crippen molar-refractivity contribution in [1.82, 2.24) is 10.6 Å². The number of aryl methyl sites for hydroxylation is 1. The van der Waals surface area contributed by atoms with E-state index in [0.717, 1.165) is 31.2 Å². The Balaban J connectivity index is 1.52. The van der Waals surface area contributed by atoms with Gasteiger partial charge in [-0.1, -0.05) is 61.2 Å². The van der Waals surface area contributed by atoms with Crippen LogP contribution in [0.2, 0.25) is 5.02 Å². The third kappa shape index (κ3) is 6.82. The number of hydrogen-bond acceptors (Lipinski definition) is 3. The molecule has 1 aliphatic rings. The summed E-state index contributed by atoms with van der Waals surface area (Å²) in [5.74, 6) is -0.353. The van der Waals surface area contributed by atoms with Crippen LogP contribution in [0.1, 0.15) is 54.4 Å². The van der Waals surface area contributed by atoms with Crippen LogP contribution in [0, 0.1) is 0 Å². The van der Waals surface area contributed by atoms with Crippen molar-refractivity contribution < 1.29 is 9.59 Å².